The molecule has 1 rings (SSSR count). The van der Waals surface area contributed by atoms with E-state index in [9.17, 15) is 0 Å². The minimum atomic E-state index is 1.24. The van der Waals surface area contributed by atoms with Gasteiger partial charge in [-0.05, 0) is 0 Å². The van der Waals surface area contributed by atoms with E-state index in [4.69, 9.17) is 0 Å². The summed E-state index contributed by atoms with van der Waals surface area (Å²) < 4.78 is 2.48. The molecule has 0 aromatic rings. The van der Waals surface area contributed by atoms with Gasteiger partial charge in [0.15, 0.2) is 6.54 Å². The number of rotatable bonds is 2. The second kappa shape index (κ2) is 3.15. The Labute approximate surface area is 63.2 Å². The van der Waals surface area contributed by atoms with Gasteiger partial charge in [-0.3, -0.25) is 0 Å². The molecular weight excluding hydrogens is 124 g/mol. The Hall–Kier alpha value is -0.370. The van der Waals surface area contributed by atoms with Crippen LogP contribution >= 0.6 is 0 Å². The highest BCUT2D eigenvalue weighted by Crippen LogP contribution is 1.84. The van der Waals surface area contributed by atoms with Gasteiger partial charge in [0, 0.05) is 6.42 Å². The van der Waals surface area contributed by atoms with Gasteiger partial charge in [-0.1, -0.05) is 6.92 Å². The summed E-state index contributed by atoms with van der Waals surface area (Å²) in [5.74, 6) is 1.52. The standard InChI is InChI=1S/C8H17N2/c1-4-5-10-7-6-9(3)8(10)2/h4-7H2,1-3H3/q+1/p+1. The quantitative estimate of drug-likeness (QED) is 0.490. The summed E-state index contributed by atoms with van der Waals surface area (Å²) in [6, 6.07) is 0. The number of nitrogens with zero attached hydrogens (tertiary/aromatic N) is 1. The lowest BCUT2D eigenvalue weighted by Crippen LogP contribution is -3.10. The van der Waals surface area contributed by atoms with Crippen molar-refractivity contribution < 1.29 is 9.48 Å². The molecule has 0 bridgehead atoms. The lowest BCUT2D eigenvalue weighted by atomic mass is 10.4. The third-order valence-electron chi connectivity index (χ3n) is 2.34. The maximum atomic E-state index is 2.48. The van der Waals surface area contributed by atoms with Gasteiger partial charge in [0.1, 0.15) is 13.1 Å². The first-order chi connectivity index (χ1) is 4.75. The molecule has 1 N–H and O–H groups in total. The van der Waals surface area contributed by atoms with Crippen LogP contribution in [0.25, 0.3) is 0 Å². The van der Waals surface area contributed by atoms with E-state index in [0.29, 0.717) is 0 Å². The van der Waals surface area contributed by atoms with Crippen LogP contribution in [-0.2, 0) is 0 Å². The summed E-state index contributed by atoms with van der Waals surface area (Å²) >= 11 is 0. The van der Waals surface area contributed by atoms with E-state index in [1.54, 1.807) is 4.90 Å². The van der Waals surface area contributed by atoms with Crippen LogP contribution in [0.1, 0.15) is 20.3 Å². The first kappa shape index (κ1) is 7.73. The predicted molar refractivity (Wildman–Crippen MR) is 42.7 cm³/mol. The molecule has 1 aliphatic heterocycles. The zero-order chi connectivity index (χ0) is 7.56. The molecule has 58 valence electrons. The summed E-state index contributed by atoms with van der Waals surface area (Å²) in [5, 5.41) is 0. The van der Waals surface area contributed by atoms with E-state index in [2.05, 4.69) is 25.5 Å². The largest absolute Gasteiger partial charge is 0.333 e. The third-order valence-corrected chi connectivity index (χ3v) is 2.34. The SMILES string of the molecule is CCC[N+]1=C(C)[NH+](C)CC1. The molecular formula is C8H18N2+2. The Morgan fingerprint density at radius 1 is 1.60 bits per heavy atom. The van der Waals surface area contributed by atoms with Crippen molar-refractivity contribution in [3.05, 3.63) is 0 Å². The van der Waals surface area contributed by atoms with Gasteiger partial charge in [-0.25, -0.2) is 4.90 Å². The molecule has 10 heavy (non-hydrogen) atoms. The summed E-state index contributed by atoms with van der Waals surface area (Å²) in [6.45, 7) is 8.25. The molecule has 0 amide bonds. The van der Waals surface area contributed by atoms with E-state index in [1.165, 1.54) is 31.9 Å². The van der Waals surface area contributed by atoms with Crippen molar-refractivity contribution in [3.8, 4) is 0 Å². The Balaban J connectivity index is 2.56. The monoisotopic (exact) mass is 142 g/mol. The minimum absolute atomic E-state index is 1.24. The van der Waals surface area contributed by atoms with Gasteiger partial charge in [0.25, 0.3) is 0 Å². The van der Waals surface area contributed by atoms with Crippen molar-refractivity contribution in [2.24, 2.45) is 0 Å². The average molecular weight is 142 g/mol. The van der Waals surface area contributed by atoms with Crippen LogP contribution in [-0.4, -0.2) is 37.1 Å². The van der Waals surface area contributed by atoms with Gasteiger partial charge < -0.3 is 0 Å². The van der Waals surface area contributed by atoms with Crippen molar-refractivity contribution in [3.63, 3.8) is 0 Å². The van der Waals surface area contributed by atoms with Crippen LogP contribution in [0.2, 0.25) is 0 Å². The lowest BCUT2D eigenvalue weighted by Gasteiger charge is -1.96. The minimum Gasteiger partial charge on any atom is -0.249 e. The fourth-order valence-electron chi connectivity index (χ4n) is 1.47. The van der Waals surface area contributed by atoms with Gasteiger partial charge in [-0.2, -0.15) is 4.58 Å². The number of hydrogen-bond acceptors (Lipinski definition) is 0. The van der Waals surface area contributed by atoms with Crippen molar-refractivity contribution >= 4 is 5.84 Å². The lowest BCUT2D eigenvalue weighted by molar-refractivity contribution is -0.778. The van der Waals surface area contributed by atoms with E-state index >= 15 is 0 Å². The van der Waals surface area contributed by atoms with E-state index in [0.717, 1.165) is 0 Å². The molecule has 2 nitrogen and oxygen atoms in total. The fourth-order valence-corrected chi connectivity index (χ4v) is 1.47. The van der Waals surface area contributed by atoms with Crippen molar-refractivity contribution in [2.45, 2.75) is 20.3 Å². The predicted octanol–water partition coefficient (Wildman–Crippen LogP) is -0.644. The molecule has 0 saturated carbocycles. The molecule has 0 aromatic heterocycles. The van der Waals surface area contributed by atoms with E-state index in [1.807, 2.05) is 0 Å². The smallest absolute Gasteiger partial charge is 0.249 e. The Morgan fingerprint density at radius 2 is 2.30 bits per heavy atom. The summed E-state index contributed by atoms with van der Waals surface area (Å²) in [5.41, 5.74) is 0. The molecule has 0 radical (unpaired) electrons. The highest BCUT2D eigenvalue weighted by molar-refractivity contribution is 5.65. The van der Waals surface area contributed by atoms with Crippen LogP contribution in [0.3, 0.4) is 0 Å². The summed E-state index contributed by atoms with van der Waals surface area (Å²) in [4.78, 5) is 1.58. The van der Waals surface area contributed by atoms with Crippen LogP contribution in [0.5, 0.6) is 0 Å². The van der Waals surface area contributed by atoms with Gasteiger partial charge in [-0.15, -0.1) is 0 Å². The van der Waals surface area contributed by atoms with Gasteiger partial charge >= 0.3 is 5.84 Å². The topological polar surface area (TPSA) is 7.45 Å². The second-order valence-electron chi connectivity index (χ2n) is 3.10. The Morgan fingerprint density at radius 3 is 2.70 bits per heavy atom. The molecule has 1 aliphatic rings. The molecule has 0 fully saturated rings. The zero-order valence-electron chi connectivity index (χ0n) is 7.28. The second-order valence-corrected chi connectivity index (χ2v) is 3.10. The van der Waals surface area contributed by atoms with Crippen molar-refractivity contribution in [1.29, 1.82) is 0 Å². The molecule has 1 atom stereocenters. The number of likely N-dealkylation sites (N-methyl/N-ethyl adjacent to an activating group) is 1. The first-order valence-corrected chi connectivity index (χ1v) is 4.17. The van der Waals surface area contributed by atoms with Crippen molar-refractivity contribution in [1.82, 2.24) is 0 Å². The number of quaternary nitrogens is 1. The van der Waals surface area contributed by atoms with Crippen LogP contribution in [0, 0.1) is 0 Å². The molecule has 0 aliphatic carbocycles. The molecule has 0 saturated heterocycles. The van der Waals surface area contributed by atoms with E-state index < -0.39 is 0 Å². The molecule has 0 spiro atoms. The summed E-state index contributed by atoms with van der Waals surface area (Å²) in [6.07, 6.45) is 1.27. The normalized spacial score (nSPS) is 26.1. The zero-order valence-corrected chi connectivity index (χ0v) is 7.28. The molecule has 1 unspecified atom stereocenters. The average Bonchev–Trinajstić information content (AvgIpc) is 2.20. The molecule has 1 heterocycles. The number of hydrogen-bond donors (Lipinski definition) is 1. The molecule has 0 aromatic carbocycles. The maximum absolute atomic E-state index is 2.48. The summed E-state index contributed by atoms with van der Waals surface area (Å²) in [7, 11) is 2.24. The number of amidine groups is 1. The Kier molecular flexibility index (Phi) is 2.44. The van der Waals surface area contributed by atoms with Gasteiger partial charge in [0.05, 0.1) is 14.0 Å². The van der Waals surface area contributed by atoms with Crippen LogP contribution < -0.4 is 4.90 Å². The molecule has 2 heteroatoms. The van der Waals surface area contributed by atoms with E-state index in [-0.39, 0.29) is 0 Å². The third kappa shape index (κ3) is 1.37. The first-order valence-electron chi connectivity index (χ1n) is 4.17. The Bertz CT molecular complexity index is 149. The maximum Gasteiger partial charge on any atom is 0.333 e. The highest BCUT2D eigenvalue weighted by Gasteiger charge is 2.26. The van der Waals surface area contributed by atoms with Crippen LogP contribution in [0.4, 0.5) is 0 Å². The number of nitrogens with one attached hydrogen (secondary N) is 1. The van der Waals surface area contributed by atoms with Crippen molar-refractivity contribution in [2.75, 3.05) is 26.7 Å². The fraction of sp³-hybridized carbons (Fsp3) is 0.875. The van der Waals surface area contributed by atoms with Crippen LogP contribution in [0.15, 0.2) is 0 Å². The van der Waals surface area contributed by atoms with Gasteiger partial charge in [0.2, 0.25) is 0 Å². The highest BCUT2D eigenvalue weighted by atomic mass is 15.3.